The monoisotopic (exact) mass is 206 g/mol. The molecule has 0 unspecified atom stereocenters. The molecule has 0 aromatic carbocycles. The van der Waals surface area contributed by atoms with E-state index in [2.05, 4.69) is 20.9 Å². The van der Waals surface area contributed by atoms with Crippen molar-refractivity contribution in [2.75, 3.05) is 5.73 Å². The molecule has 0 bridgehead atoms. The maximum atomic E-state index is 12.6. The molecule has 3 nitrogen and oxygen atoms in total. The quantitative estimate of drug-likeness (QED) is 0.629. The highest BCUT2D eigenvalue weighted by atomic mass is 79.9. The summed E-state index contributed by atoms with van der Waals surface area (Å²) in [6.45, 7) is 0. The predicted octanol–water partition coefficient (Wildman–Crippen LogP) is 1.27. The number of nitrogens with zero attached hydrogens (tertiary/aromatic N) is 1. The lowest BCUT2D eigenvalue weighted by atomic mass is 10.4. The molecule has 1 rings (SSSR count). The second-order valence-corrected chi connectivity index (χ2v) is 2.41. The Labute approximate surface area is 64.8 Å². The number of anilines is 1. The summed E-state index contributed by atoms with van der Waals surface area (Å²) in [6, 6.07) is 0. The Balaban J connectivity index is 3.34. The average Bonchev–Trinajstić information content (AvgIpc) is 1.93. The van der Waals surface area contributed by atoms with E-state index >= 15 is 0 Å². The van der Waals surface area contributed by atoms with Gasteiger partial charge in [0, 0.05) is 0 Å². The molecule has 0 saturated carbocycles. The van der Waals surface area contributed by atoms with E-state index in [0.29, 0.717) is 0 Å². The van der Waals surface area contributed by atoms with Crippen molar-refractivity contribution in [1.29, 1.82) is 0 Å². The molecule has 0 radical (unpaired) electrons. The number of rotatable bonds is 0. The van der Waals surface area contributed by atoms with E-state index in [1.165, 1.54) is 0 Å². The Morgan fingerprint density at radius 1 is 1.70 bits per heavy atom. The fourth-order valence-corrected chi connectivity index (χ4v) is 0.784. The summed E-state index contributed by atoms with van der Waals surface area (Å²) in [5.74, 6) is -1.08. The van der Waals surface area contributed by atoms with E-state index in [1.54, 1.807) is 0 Å². The molecule has 0 spiro atoms. The molecule has 54 valence electrons. The second kappa shape index (κ2) is 2.42. The molecule has 5 heteroatoms. The molecule has 3 N–H and O–H groups in total. The first-order valence-electron chi connectivity index (χ1n) is 2.41. The highest BCUT2D eigenvalue weighted by molar-refractivity contribution is 9.10. The van der Waals surface area contributed by atoms with Crippen molar-refractivity contribution in [3.63, 3.8) is 0 Å². The number of pyridine rings is 1. The Morgan fingerprint density at radius 3 is 2.80 bits per heavy atom. The molecule has 0 aliphatic carbocycles. The van der Waals surface area contributed by atoms with Gasteiger partial charge in [0.2, 0.25) is 0 Å². The van der Waals surface area contributed by atoms with Crippen LogP contribution in [0.1, 0.15) is 0 Å². The summed E-state index contributed by atoms with van der Waals surface area (Å²) in [4.78, 5) is 3.45. The number of aromatic hydroxyl groups is 1. The molecule has 0 aliphatic rings. The van der Waals surface area contributed by atoms with E-state index in [9.17, 15) is 4.39 Å². The minimum Gasteiger partial charge on any atom is -0.504 e. The first-order valence-corrected chi connectivity index (χ1v) is 3.20. The average molecular weight is 207 g/mol. The number of nitrogen functional groups attached to an aromatic ring is 1. The van der Waals surface area contributed by atoms with Crippen LogP contribution in [0.4, 0.5) is 10.1 Å². The van der Waals surface area contributed by atoms with Gasteiger partial charge in [0.05, 0.1) is 6.20 Å². The Kier molecular flexibility index (Phi) is 1.76. The molecular formula is C5H4BrFN2O. The fourth-order valence-electron chi connectivity index (χ4n) is 0.468. The van der Waals surface area contributed by atoms with Crippen molar-refractivity contribution in [1.82, 2.24) is 4.98 Å². The van der Waals surface area contributed by atoms with Crippen LogP contribution < -0.4 is 5.73 Å². The van der Waals surface area contributed by atoms with Crippen LogP contribution in [0, 0.1) is 5.82 Å². The van der Waals surface area contributed by atoms with Gasteiger partial charge in [-0.2, -0.15) is 0 Å². The standard InChI is InChI=1S/C5H4BrFN2O/c6-5-3(7)4(8)2(10)1-9-5/h1,10H,(H2,8,9). The molecular weight excluding hydrogens is 203 g/mol. The van der Waals surface area contributed by atoms with Gasteiger partial charge in [-0.1, -0.05) is 0 Å². The Hall–Kier alpha value is -0.840. The highest BCUT2D eigenvalue weighted by Gasteiger charge is 2.07. The molecule has 0 atom stereocenters. The van der Waals surface area contributed by atoms with Gasteiger partial charge in [-0.3, -0.25) is 0 Å². The second-order valence-electron chi connectivity index (χ2n) is 1.66. The molecule has 1 aromatic heterocycles. The number of hydrogen-bond acceptors (Lipinski definition) is 3. The summed E-state index contributed by atoms with van der Waals surface area (Å²) in [5.41, 5.74) is 4.80. The number of aromatic nitrogens is 1. The molecule has 0 amide bonds. The first-order chi connectivity index (χ1) is 4.63. The predicted molar refractivity (Wildman–Crippen MR) is 38.0 cm³/mol. The van der Waals surface area contributed by atoms with E-state index in [4.69, 9.17) is 10.8 Å². The third-order valence-corrected chi connectivity index (χ3v) is 1.55. The number of hydrogen-bond donors (Lipinski definition) is 2. The Bertz CT molecular complexity index is 239. The van der Waals surface area contributed by atoms with Crippen LogP contribution in [-0.2, 0) is 0 Å². The lowest BCUT2D eigenvalue weighted by molar-refractivity contribution is 0.468. The topological polar surface area (TPSA) is 59.1 Å². The summed E-state index contributed by atoms with van der Waals surface area (Å²) in [7, 11) is 0. The van der Waals surface area contributed by atoms with Gasteiger partial charge < -0.3 is 10.8 Å². The molecule has 0 aliphatic heterocycles. The highest BCUT2D eigenvalue weighted by Crippen LogP contribution is 2.25. The van der Waals surface area contributed by atoms with Crippen LogP contribution in [0.25, 0.3) is 0 Å². The van der Waals surface area contributed by atoms with Crippen LogP contribution in [0.3, 0.4) is 0 Å². The maximum Gasteiger partial charge on any atom is 0.182 e. The zero-order valence-electron chi connectivity index (χ0n) is 4.81. The third-order valence-electron chi connectivity index (χ3n) is 0.994. The van der Waals surface area contributed by atoms with Gasteiger partial charge in [0.1, 0.15) is 10.3 Å². The number of nitrogens with two attached hydrogens (primary N) is 1. The van der Waals surface area contributed by atoms with Gasteiger partial charge in [-0.25, -0.2) is 9.37 Å². The largest absolute Gasteiger partial charge is 0.504 e. The molecule has 10 heavy (non-hydrogen) atoms. The minimum atomic E-state index is -0.736. The zero-order valence-corrected chi connectivity index (χ0v) is 6.39. The minimum absolute atomic E-state index is 0.00259. The van der Waals surface area contributed by atoms with Gasteiger partial charge >= 0.3 is 0 Å². The molecule has 0 fully saturated rings. The first kappa shape index (κ1) is 7.27. The molecule has 1 aromatic rings. The smallest absolute Gasteiger partial charge is 0.182 e. The van der Waals surface area contributed by atoms with Crippen LogP contribution in [0.5, 0.6) is 5.75 Å². The normalized spacial score (nSPS) is 9.80. The lowest BCUT2D eigenvalue weighted by Crippen LogP contribution is -1.93. The van der Waals surface area contributed by atoms with Crippen LogP contribution in [0.2, 0.25) is 0 Å². The summed E-state index contributed by atoms with van der Waals surface area (Å²) < 4.78 is 12.6. The molecule has 0 saturated heterocycles. The van der Waals surface area contributed by atoms with Gasteiger partial charge in [0.25, 0.3) is 0 Å². The number of halogens is 2. The SMILES string of the molecule is Nc1c(O)cnc(Br)c1F. The van der Waals surface area contributed by atoms with Crippen molar-refractivity contribution in [3.05, 3.63) is 16.6 Å². The van der Waals surface area contributed by atoms with Gasteiger partial charge in [-0.15, -0.1) is 0 Å². The molecule has 1 heterocycles. The van der Waals surface area contributed by atoms with Crippen molar-refractivity contribution < 1.29 is 9.50 Å². The van der Waals surface area contributed by atoms with Crippen LogP contribution in [-0.4, -0.2) is 10.1 Å². The van der Waals surface area contributed by atoms with Crippen LogP contribution in [0.15, 0.2) is 10.8 Å². The summed E-state index contributed by atoms with van der Waals surface area (Å²) >= 11 is 2.80. The van der Waals surface area contributed by atoms with Crippen molar-refractivity contribution >= 4 is 21.6 Å². The lowest BCUT2D eigenvalue weighted by Gasteiger charge is -1.99. The van der Waals surface area contributed by atoms with E-state index in [-0.39, 0.29) is 16.0 Å². The van der Waals surface area contributed by atoms with Crippen molar-refractivity contribution in [2.24, 2.45) is 0 Å². The zero-order chi connectivity index (χ0) is 7.72. The Morgan fingerprint density at radius 2 is 2.30 bits per heavy atom. The van der Waals surface area contributed by atoms with Gasteiger partial charge in [0.15, 0.2) is 11.6 Å². The van der Waals surface area contributed by atoms with Crippen LogP contribution >= 0.6 is 15.9 Å². The summed E-state index contributed by atoms with van der Waals surface area (Å²) in [6.07, 6.45) is 1.07. The van der Waals surface area contributed by atoms with Gasteiger partial charge in [-0.05, 0) is 15.9 Å². The van der Waals surface area contributed by atoms with E-state index < -0.39 is 5.82 Å². The third kappa shape index (κ3) is 1.04. The van der Waals surface area contributed by atoms with Crippen molar-refractivity contribution in [2.45, 2.75) is 0 Å². The fraction of sp³-hybridized carbons (Fsp3) is 0. The maximum absolute atomic E-state index is 12.6. The summed E-state index contributed by atoms with van der Waals surface area (Å²) in [5, 5.41) is 8.78. The van der Waals surface area contributed by atoms with E-state index in [0.717, 1.165) is 6.20 Å². The van der Waals surface area contributed by atoms with E-state index in [1.807, 2.05) is 0 Å². The van der Waals surface area contributed by atoms with Crippen molar-refractivity contribution in [3.8, 4) is 5.75 Å².